The monoisotopic (exact) mass is 329 g/mol. The van der Waals surface area contributed by atoms with Crippen molar-refractivity contribution in [2.75, 3.05) is 20.2 Å². The number of likely N-dealkylation sites (N-methyl/N-ethyl adjacent to an activating group) is 1. The molecule has 5 heteroatoms. The summed E-state index contributed by atoms with van der Waals surface area (Å²) in [4.78, 5) is 6.78. The molecule has 4 nitrogen and oxygen atoms in total. The van der Waals surface area contributed by atoms with E-state index in [-0.39, 0.29) is 0 Å². The van der Waals surface area contributed by atoms with Gasteiger partial charge in [0.05, 0.1) is 10.7 Å². The number of benzene rings is 1. The van der Waals surface area contributed by atoms with Crippen molar-refractivity contribution >= 4 is 17.2 Å². The van der Waals surface area contributed by atoms with Crippen LogP contribution in [-0.4, -0.2) is 34.5 Å². The van der Waals surface area contributed by atoms with Crippen LogP contribution in [0.1, 0.15) is 11.3 Å². The zero-order valence-electron chi connectivity index (χ0n) is 13.4. The third-order valence-corrected chi connectivity index (χ3v) is 3.88. The number of nitrogens with zero attached hydrogens (tertiary/aromatic N) is 3. The molecule has 0 amide bonds. The third-order valence-electron chi connectivity index (χ3n) is 3.66. The second kappa shape index (κ2) is 7.02. The number of ether oxygens (including phenoxy) is 1. The Labute approximate surface area is 141 Å². The van der Waals surface area contributed by atoms with Gasteiger partial charge in [-0.3, -0.25) is 4.90 Å². The van der Waals surface area contributed by atoms with Gasteiger partial charge in [0.25, 0.3) is 0 Å². The molecule has 120 valence electrons. The Balaban J connectivity index is 1.51. The number of aryl methyl sites for hydroxylation is 1. The molecule has 0 spiro atoms. The molecule has 0 aliphatic heterocycles. The number of aromatic nitrogens is 2. The molecule has 0 aliphatic rings. The van der Waals surface area contributed by atoms with E-state index in [0.29, 0.717) is 11.6 Å². The van der Waals surface area contributed by atoms with E-state index in [9.17, 15) is 0 Å². The summed E-state index contributed by atoms with van der Waals surface area (Å²) < 4.78 is 7.71. The molecule has 0 atom stereocenters. The van der Waals surface area contributed by atoms with Crippen molar-refractivity contribution in [3.05, 3.63) is 65.1 Å². The topological polar surface area (TPSA) is 29.8 Å². The minimum absolute atomic E-state index is 0.652. The highest BCUT2D eigenvalue weighted by Crippen LogP contribution is 2.13. The summed E-state index contributed by atoms with van der Waals surface area (Å²) in [5.41, 5.74) is 3.17. The van der Waals surface area contributed by atoms with Crippen LogP contribution in [0.25, 0.3) is 5.65 Å². The normalized spacial score (nSPS) is 11.3. The van der Waals surface area contributed by atoms with Crippen molar-refractivity contribution in [1.82, 2.24) is 14.3 Å². The van der Waals surface area contributed by atoms with E-state index in [4.69, 9.17) is 16.3 Å². The zero-order chi connectivity index (χ0) is 16.2. The molecule has 0 saturated carbocycles. The van der Waals surface area contributed by atoms with Crippen LogP contribution < -0.4 is 4.74 Å². The van der Waals surface area contributed by atoms with E-state index < -0.39 is 0 Å². The molecule has 1 aromatic carbocycles. The quantitative estimate of drug-likeness (QED) is 0.689. The maximum Gasteiger partial charge on any atom is 0.137 e. The minimum atomic E-state index is 0.652. The lowest BCUT2D eigenvalue weighted by atomic mass is 10.2. The largest absolute Gasteiger partial charge is 0.492 e. The number of hydrogen-bond acceptors (Lipinski definition) is 3. The van der Waals surface area contributed by atoms with Crippen molar-refractivity contribution in [3.8, 4) is 5.75 Å². The van der Waals surface area contributed by atoms with Gasteiger partial charge in [0.1, 0.15) is 18.0 Å². The highest BCUT2D eigenvalue weighted by molar-refractivity contribution is 6.30. The van der Waals surface area contributed by atoms with Gasteiger partial charge in [0, 0.05) is 25.5 Å². The van der Waals surface area contributed by atoms with Crippen LogP contribution >= 0.6 is 11.6 Å². The molecule has 0 unspecified atom stereocenters. The van der Waals surface area contributed by atoms with Crippen LogP contribution in [0.3, 0.4) is 0 Å². The van der Waals surface area contributed by atoms with E-state index in [1.54, 1.807) is 0 Å². The first-order chi connectivity index (χ1) is 11.1. The van der Waals surface area contributed by atoms with Crippen molar-refractivity contribution in [1.29, 1.82) is 0 Å². The van der Waals surface area contributed by atoms with Crippen LogP contribution in [0, 0.1) is 6.92 Å². The highest BCUT2D eigenvalue weighted by atomic mass is 35.5. The summed E-state index contributed by atoms with van der Waals surface area (Å²) in [6.45, 7) is 4.33. The predicted octanol–water partition coefficient (Wildman–Crippen LogP) is 3.81. The van der Waals surface area contributed by atoms with E-state index in [1.165, 1.54) is 5.56 Å². The van der Waals surface area contributed by atoms with Crippen LogP contribution in [-0.2, 0) is 6.54 Å². The Morgan fingerprint density at radius 1 is 1.13 bits per heavy atom. The standard InChI is InChI=1S/C18H20ClN3O/c1-14-3-6-17(7-4-14)23-10-9-21(2)12-16-13-22-11-15(19)5-8-18(22)20-16/h3-8,11,13H,9-10,12H2,1-2H3. The number of imidazole rings is 1. The Hall–Kier alpha value is -2.04. The maximum atomic E-state index is 5.99. The smallest absolute Gasteiger partial charge is 0.137 e. The molecule has 0 saturated heterocycles. The van der Waals surface area contributed by atoms with Crippen molar-refractivity contribution < 1.29 is 4.74 Å². The fourth-order valence-corrected chi connectivity index (χ4v) is 2.57. The van der Waals surface area contributed by atoms with Gasteiger partial charge < -0.3 is 9.14 Å². The molecule has 3 aromatic rings. The Morgan fingerprint density at radius 3 is 2.70 bits per heavy atom. The molecule has 2 aromatic heterocycles. The summed E-state index contributed by atoms with van der Waals surface area (Å²) in [6, 6.07) is 11.9. The molecular weight excluding hydrogens is 310 g/mol. The van der Waals surface area contributed by atoms with Gasteiger partial charge in [-0.2, -0.15) is 0 Å². The van der Waals surface area contributed by atoms with Gasteiger partial charge >= 0.3 is 0 Å². The molecule has 0 N–H and O–H groups in total. The number of halogens is 1. The van der Waals surface area contributed by atoms with Crippen LogP contribution in [0.2, 0.25) is 5.02 Å². The molecule has 3 rings (SSSR count). The molecule has 0 radical (unpaired) electrons. The lowest BCUT2D eigenvalue weighted by Crippen LogP contribution is -2.24. The number of hydrogen-bond donors (Lipinski definition) is 0. The molecular formula is C18H20ClN3O. The second-order valence-corrected chi connectivity index (χ2v) is 6.18. The summed E-state index contributed by atoms with van der Waals surface area (Å²) in [5.74, 6) is 0.909. The third kappa shape index (κ3) is 4.24. The summed E-state index contributed by atoms with van der Waals surface area (Å²) in [6.07, 6.45) is 3.88. The van der Waals surface area contributed by atoms with Crippen molar-refractivity contribution in [2.24, 2.45) is 0 Å². The Morgan fingerprint density at radius 2 is 1.91 bits per heavy atom. The van der Waals surface area contributed by atoms with Gasteiger partial charge in [0.15, 0.2) is 0 Å². The summed E-state index contributed by atoms with van der Waals surface area (Å²) in [7, 11) is 2.06. The van der Waals surface area contributed by atoms with E-state index in [1.807, 2.05) is 41.1 Å². The average Bonchev–Trinajstić information content (AvgIpc) is 2.90. The Bertz CT molecular complexity index is 783. The fraction of sp³-hybridized carbons (Fsp3) is 0.278. The van der Waals surface area contributed by atoms with Gasteiger partial charge in [-0.1, -0.05) is 29.3 Å². The van der Waals surface area contributed by atoms with Crippen LogP contribution in [0.4, 0.5) is 0 Å². The van der Waals surface area contributed by atoms with Gasteiger partial charge in [0.2, 0.25) is 0 Å². The average molecular weight is 330 g/mol. The van der Waals surface area contributed by atoms with Crippen molar-refractivity contribution in [3.63, 3.8) is 0 Å². The molecule has 2 heterocycles. The second-order valence-electron chi connectivity index (χ2n) is 5.74. The Kier molecular flexibility index (Phi) is 4.84. The van der Waals surface area contributed by atoms with Gasteiger partial charge in [-0.05, 0) is 38.2 Å². The van der Waals surface area contributed by atoms with Gasteiger partial charge in [-0.15, -0.1) is 0 Å². The minimum Gasteiger partial charge on any atom is -0.492 e. The molecule has 0 fully saturated rings. The number of rotatable bonds is 6. The van der Waals surface area contributed by atoms with E-state index in [0.717, 1.165) is 30.2 Å². The highest BCUT2D eigenvalue weighted by Gasteiger charge is 2.06. The van der Waals surface area contributed by atoms with Gasteiger partial charge in [-0.25, -0.2) is 4.98 Å². The van der Waals surface area contributed by atoms with Crippen LogP contribution in [0.15, 0.2) is 48.8 Å². The molecule has 0 aliphatic carbocycles. The number of pyridine rings is 1. The molecule has 23 heavy (non-hydrogen) atoms. The SMILES string of the molecule is Cc1ccc(OCCN(C)Cc2cn3cc(Cl)ccc3n2)cc1. The summed E-state index contributed by atoms with van der Waals surface area (Å²) in [5, 5.41) is 0.710. The first kappa shape index (κ1) is 15.8. The lowest BCUT2D eigenvalue weighted by Gasteiger charge is -2.15. The first-order valence-electron chi connectivity index (χ1n) is 7.61. The predicted molar refractivity (Wildman–Crippen MR) is 93.2 cm³/mol. The zero-order valence-corrected chi connectivity index (χ0v) is 14.1. The lowest BCUT2D eigenvalue weighted by molar-refractivity contribution is 0.231. The maximum absolute atomic E-state index is 5.99. The van der Waals surface area contributed by atoms with E-state index in [2.05, 4.69) is 36.0 Å². The molecule has 0 bridgehead atoms. The summed E-state index contributed by atoms with van der Waals surface area (Å²) >= 11 is 5.99. The van der Waals surface area contributed by atoms with Crippen LogP contribution in [0.5, 0.6) is 5.75 Å². The number of fused-ring (bicyclic) bond motifs is 1. The first-order valence-corrected chi connectivity index (χ1v) is 7.99. The fourth-order valence-electron chi connectivity index (χ4n) is 2.40. The van der Waals surface area contributed by atoms with E-state index >= 15 is 0 Å². The van der Waals surface area contributed by atoms with Crippen molar-refractivity contribution in [2.45, 2.75) is 13.5 Å².